The Morgan fingerprint density at radius 2 is 2.05 bits per heavy atom. The van der Waals surface area contributed by atoms with Gasteiger partial charge in [0, 0.05) is 13.2 Å². The average Bonchev–Trinajstić information content (AvgIpc) is 2.98. The van der Waals surface area contributed by atoms with Gasteiger partial charge in [0.1, 0.15) is 6.04 Å². The second-order valence-corrected chi connectivity index (χ2v) is 7.36. The molecule has 1 heterocycles. The summed E-state index contributed by atoms with van der Waals surface area (Å²) in [5.41, 5.74) is 1.04. The maximum atomic E-state index is 12.2. The summed E-state index contributed by atoms with van der Waals surface area (Å²) in [5, 5.41) is 9.05. The van der Waals surface area contributed by atoms with Crippen LogP contribution < -0.4 is 0 Å². The van der Waals surface area contributed by atoms with E-state index in [4.69, 9.17) is 9.84 Å². The molecule has 1 atom stereocenters. The molecule has 7 heteroatoms. The van der Waals surface area contributed by atoms with Crippen LogP contribution in [0.2, 0.25) is 0 Å². The summed E-state index contributed by atoms with van der Waals surface area (Å²) < 4.78 is 30.9. The van der Waals surface area contributed by atoms with E-state index in [0.717, 1.165) is 9.87 Å². The fraction of sp³-hybridized carbons (Fsp3) is 0.533. The molecule has 122 valence electrons. The van der Waals surface area contributed by atoms with Gasteiger partial charge in [-0.1, -0.05) is 30.3 Å². The summed E-state index contributed by atoms with van der Waals surface area (Å²) in [6.45, 7) is 1.08. The van der Waals surface area contributed by atoms with Crippen LogP contribution in [0.15, 0.2) is 30.3 Å². The van der Waals surface area contributed by atoms with E-state index in [0.29, 0.717) is 39.0 Å². The first-order valence-electron chi connectivity index (χ1n) is 7.35. The Bertz CT molecular complexity index is 587. The third kappa shape index (κ3) is 4.53. The molecule has 1 aliphatic heterocycles. The number of carboxylic acid groups (broad SMARTS) is 1. The van der Waals surface area contributed by atoms with Gasteiger partial charge in [0.05, 0.1) is 12.4 Å². The van der Waals surface area contributed by atoms with Crippen molar-refractivity contribution in [3.8, 4) is 0 Å². The molecular formula is C15H21NO5S. The van der Waals surface area contributed by atoms with Gasteiger partial charge in [-0.2, -0.15) is 4.31 Å². The molecule has 1 aromatic carbocycles. The molecule has 1 aromatic rings. The number of aliphatic carboxylic acids is 1. The summed E-state index contributed by atoms with van der Waals surface area (Å²) in [4.78, 5) is 11.1. The quantitative estimate of drug-likeness (QED) is 0.731. The number of hydrogen-bond donors (Lipinski definition) is 1. The van der Waals surface area contributed by atoms with E-state index in [1.165, 1.54) is 0 Å². The minimum atomic E-state index is -3.53. The van der Waals surface area contributed by atoms with Gasteiger partial charge in [-0.05, 0) is 24.8 Å². The summed E-state index contributed by atoms with van der Waals surface area (Å²) in [6.07, 6.45) is 1.35. The molecular weight excluding hydrogens is 306 g/mol. The summed E-state index contributed by atoms with van der Waals surface area (Å²) in [7, 11) is -3.53. The number of carbonyl (C=O) groups is 1. The molecule has 1 aliphatic rings. The van der Waals surface area contributed by atoms with Gasteiger partial charge in [0.15, 0.2) is 0 Å². The molecule has 0 spiro atoms. The van der Waals surface area contributed by atoms with E-state index >= 15 is 0 Å². The number of nitrogens with zero attached hydrogens (tertiary/aromatic N) is 1. The number of hydrogen-bond acceptors (Lipinski definition) is 4. The summed E-state index contributed by atoms with van der Waals surface area (Å²) in [6, 6.07) is 8.74. The minimum absolute atomic E-state index is 0.0778. The topological polar surface area (TPSA) is 83.9 Å². The molecule has 1 saturated heterocycles. The van der Waals surface area contributed by atoms with Crippen molar-refractivity contribution in [3.63, 3.8) is 0 Å². The summed E-state index contributed by atoms with van der Waals surface area (Å²) >= 11 is 0. The maximum Gasteiger partial charge on any atom is 0.322 e. The smallest absolute Gasteiger partial charge is 0.322 e. The van der Waals surface area contributed by atoms with Crippen molar-refractivity contribution in [3.05, 3.63) is 35.9 Å². The number of carboxylic acids is 1. The number of ether oxygens (including phenoxy) is 1. The fourth-order valence-electron chi connectivity index (χ4n) is 2.54. The van der Waals surface area contributed by atoms with Gasteiger partial charge in [-0.15, -0.1) is 0 Å². The van der Waals surface area contributed by atoms with E-state index in [2.05, 4.69) is 0 Å². The van der Waals surface area contributed by atoms with Crippen LogP contribution in [0.1, 0.15) is 24.8 Å². The summed E-state index contributed by atoms with van der Waals surface area (Å²) in [5.74, 6) is -1.15. The van der Waals surface area contributed by atoms with Crippen molar-refractivity contribution >= 4 is 16.0 Å². The van der Waals surface area contributed by atoms with Crippen LogP contribution in [-0.4, -0.2) is 48.7 Å². The van der Waals surface area contributed by atoms with E-state index in [9.17, 15) is 13.2 Å². The second-order valence-electron chi connectivity index (χ2n) is 5.31. The largest absolute Gasteiger partial charge is 0.480 e. The lowest BCUT2D eigenvalue weighted by molar-refractivity contribution is -0.140. The van der Waals surface area contributed by atoms with Gasteiger partial charge in [-0.25, -0.2) is 8.42 Å². The molecule has 1 N–H and O–H groups in total. The normalized spacial score (nSPS) is 19.4. The molecule has 1 fully saturated rings. The van der Waals surface area contributed by atoms with Crippen molar-refractivity contribution in [2.24, 2.45) is 0 Å². The van der Waals surface area contributed by atoms with Crippen LogP contribution in [0.4, 0.5) is 0 Å². The van der Waals surface area contributed by atoms with Crippen LogP contribution in [0, 0.1) is 0 Å². The maximum absolute atomic E-state index is 12.2. The molecule has 0 saturated carbocycles. The van der Waals surface area contributed by atoms with Crippen molar-refractivity contribution in [1.82, 2.24) is 4.31 Å². The SMILES string of the molecule is O=C(O)C1CCCN1S(=O)(=O)CCCOCc1ccccc1. The monoisotopic (exact) mass is 327 g/mol. The molecule has 2 rings (SSSR count). The zero-order valence-corrected chi connectivity index (χ0v) is 13.2. The van der Waals surface area contributed by atoms with Crippen molar-refractivity contribution in [2.45, 2.75) is 31.9 Å². The fourth-order valence-corrected chi connectivity index (χ4v) is 4.25. The third-order valence-electron chi connectivity index (χ3n) is 3.65. The lowest BCUT2D eigenvalue weighted by atomic mass is 10.2. The first-order chi connectivity index (χ1) is 10.5. The van der Waals surface area contributed by atoms with Gasteiger partial charge in [0.25, 0.3) is 0 Å². The zero-order chi connectivity index (χ0) is 16.0. The van der Waals surface area contributed by atoms with E-state index in [1.54, 1.807) is 0 Å². The minimum Gasteiger partial charge on any atom is -0.480 e. The predicted molar refractivity (Wildman–Crippen MR) is 81.9 cm³/mol. The van der Waals surface area contributed by atoms with Crippen molar-refractivity contribution in [1.29, 1.82) is 0 Å². The van der Waals surface area contributed by atoms with Gasteiger partial charge in [0.2, 0.25) is 10.0 Å². The molecule has 0 bridgehead atoms. The number of benzene rings is 1. The average molecular weight is 327 g/mol. The highest BCUT2D eigenvalue weighted by Gasteiger charge is 2.38. The number of rotatable bonds is 8. The second kappa shape index (κ2) is 7.71. The standard InChI is InChI=1S/C15H21NO5S/c17-15(18)14-8-4-9-16(14)22(19,20)11-5-10-21-12-13-6-2-1-3-7-13/h1-3,6-7,14H,4-5,8-12H2,(H,17,18). The number of sulfonamides is 1. The Hall–Kier alpha value is -1.44. The molecule has 1 unspecified atom stereocenters. The van der Waals surface area contributed by atoms with E-state index in [1.807, 2.05) is 30.3 Å². The molecule has 0 amide bonds. The van der Waals surface area contributed by atoms with Crippen molar-refractivity contribution < 1.29 is 23.1 Å². The lowest BCUT2D eigenvalue weighted by Crippen LogP contribution is -2.41. The van der Waals surface area contributed by atoms with Crippen LogP contribution in [0.5, 0.6) is 0 Å². The van der Waals surface area contributed by atoms with Crippen LogP contribution >= 0.6 is 0 Å². The molecule has 6 nitrogen and oxygen atoms in total. The Morgan fingerprint density at radius 3 is 2.73 bits per heavy atom. The van der Waals surface area contributed by atoms with Gasteiger partial charge in [-0.3, -0.25) is 4.79 Å². The van der Waals surface area contributed by atoms with E-state index < -0.39 is 22.0 Å². The predicted octanol–water partition coefficient (Wildman–Crippen LogP) is 1.47. The molecule has 0 aromatic heterocycles. The van der Waals surface area contributed by atoms with Gasteiger partial charge >= 0.3 is 5.97 Å². The highest BCUT2D eigenvalue weighted by molar-refractivity contribution is 7.89. The molecule has 22 heavy (non-hydrogen) atoms. The lowest BCUT2D eigenvalue weighted by Gasteiger charge is -2.20. The van der Waals surface area contributed by atoms with Crippen LogP contribution in [0.25, 0.3) is 0 Å². The molecule has 0 aliphatic carbocycles. The Balaban J connectivity index is 1.75. The zero-order valence-electron chi connectivity index (χ0n) is 12.3. The Kier molecular flexibility index (Phi) is 5.93. The third-order valence-corrected chi connectivity index (χ3v) is 5.60. The van der Waals surface area contributed by atoms with Gasteiger partial charge < -0.3 is 9.84 Å². The van der Waals surface area contributed by atoms with E-state index in [-0.39, 0.29) is 5.75 Å². The van der Waals surface area contributed by atoms with Crippen LogP contribution in [0.3, 0.4) is 0 Å². The Labute approximate surface area is 130 Å². The first kappa shape index (κ1) is 16.9. The molecule has 0 radical (unpaired) electrons. The van der Waals surface area contributed by atoms with Crippen LogP contribution in [-0.2, 0) is 26.2 Å². The first-order valence-corrected chi connectivity index (χ1v) is 8.95. The Morgan fingerprint density at radius 1 is 1.32 bits per heavy atom. The highest BCUT2D eigenvalue weighted by Crippen LogP contribution is 2.21. The van der Waals surface area contributed by atoms with Crippen molar-refractivity contribution in [2.75, 3.05) is 18.9 Å². The highest BCUT2D eigenvalue weighted by atomic mass is 32.2.